The molecule has 2 aromatic carbocycles. The molecule has 1 atom stereocenters. The molecule has 0 saturated carbocycles. The van der Waals surface area contributed by atoms with Crippen molar-refractivity contribution in [3.63, 3.8) is 0 Å². The molecule has 3 rings (SSSR count). The van der Waals surface area contributed by atoms with Crippen LogP contribution in [0.15, 0.2) is 59.6 Å². The number of fused-ring (bicyclic) bond motifs is 1. The van der Waals surface area contributed by atoms with Crippen LogP contribution in [0.2, 0.25) is 0 Å². The Bertz CT molecular complexity index is 893. The van der Waals surface area contributed by atoms with E-state index in [1.807, 2.05) is 24.4 Å². The standard InChI is InChI=1S/C19H18N2O2/c1-13(12-20-2)21-17-9-4-3-6-15(17)11-18(21)14-7-5-8-16(10-14)19(22)23/h3-13H,1-2H3,(H,22,23). The first-order valence-electron chi connectivity index (χ1n) is 7.48. The second kappa shape index (κ2) is 6.08. The molecule has 0 radical (unpaired) electrons. The Labute approximate surface area is 134 Å². The van der Waals surface area contributed by atoms with Gasteiger partial charge in [0.2, 0.25) is 0 Å². The summed E-state index contributed by atoms with van der Waals surface area (Å²) in [6.07, 6.45) is 1.89. The monoisotopic (exact) mass is 306 g/mol. The molecule has 0 bridgehead atoms. The van der Waals surface area contributed by atoms with Crippen molar-refractivity contribution in [2.24, 2.45) is 4.99 Å². The van der Waals surface area contributed by atoms with Gasteiger partial charge >= 0.3 is 5.97 Å². The molecule has 0 amide bonds. The normalized spacial score (nSPS) is 12.8. The Morgan fingerprint density at radius 3 is 2.70 bits per heavy atom. The van der Waals surface area contributed by atoms with Gasteiger partial charge in [-0.05, 0) is 36.8 Å². The lowest BCUT2D eigenvalue weighted by molar-refractivity contribution is 0.0697. The zero-order chi connectivity index (χ0) is 16.4. The molecule has 4 heteroatoms. The van der Waals surface area contributed by atoms with Crippen molar-refractivity contribution < 1.29 is 9.90 Å². The van der Waals surface area contributed by atoms with Gasteiger partial charge in [0.25, 0.3) is 0 Å². The first-order chi connectivity index (χ1) is 11.1. The van der Waals surface area contributed by atoms with Crippen LogP contribution in [-0.2, 0) is 0 Å². The van der Waals surface area contributed by atoms with Crippen molar-refractivity contribution in [3.05, 3.63) is 60.2 Å². The maximum absolute atomic E-state index is 11.2. The van der Waals surface area contributed by atoms with Gasteiger partial charge in [-0.2, -0.15) is 0 Å². The molecule has 4 nitrogen and oxygen atoms in total. The molecular weight excluding hydrogens is 288 g/mol. The number of aliphatic imine (C=N–C) groups is 1. The Hall–Kier alpha value is -2.88. The van der Waals surface area contributed by atoms with Crippen LogP contribution in [0.5, 0.6) is 0 Å². The SMILES string of the molecule is CN=CC(C)n1c(-c2cccc(C(=O)O)c2)cc2ccccc21. The smallest absolute Gasteiger partial charge is 0.335 e. The average Bonchev–Trinajstić information content (AvgIpc) is 2.94. The van der Waals surface area contributed by atoms with E-state index >= 15 is 0 Å². The second-order valence-electron chi connectivity index (χ2n) is 5.49. The van der Waals surface area contributed by atoms with Gasteiger partial charge < -0.3 is 9.67 Å². The van der Waals surface area contributed by atoms with Crippen LogP contribution in [0.4, 0.5) is 0 Å². The molecule has 0 aliphatic carbocycles. The number of hydrogen-bond acceptors (Lipinski definition) is 2. The molecular formula is C19H18N2O2. The van der Waals surface area contributed by atoms with E-state index in [2.05, 4.69) is 34.7 Å². The minimum absolute atomic E-state index is 0.0726. The molecule has 0 aliphatic rings. The molecule has 23 heavy (non-hydrogen) atoms. The van der Waals surface area contributed by atoms with E-state index in [4.69, 9.17) is 0 Å². The number of carbonyl (C=O) groups is 1. The van der Waals surface area contributed by atoms with E-state index in [1.54, 1.807) is 25.2 Å². The summed E-state index contributed by atoms with van der Waals surface area (Å²) in [5.41, 5.74) is 3.27. The summed E-state index contributed by atoms with van der Waals surface area (Å²) in [7, 11) is 1.76. The number of aromatic carboxylic acids is 1. The van der Waals surface area contributed by atoms with Crippen molar-refractivity contribution in [3.8, 4) is 11.3 Å². The predicted molar refractivity (Wildman–Crippen MR) is 93.5 cm³/mol. The summed E-state index contributed by atoms with van der Waals surface area (Å²) in [5.74, 6) is -0.919. The average molecular weight is 306 g/mol. The van der Waals surface area contributed by atoms with E-state index < -0.39 is 5.97 Å². The lowest BCUT2D eigenvalue weighted by Crippen LogP contribution is -2.08. The number of benzene rings is 2. The fourth-order valence-electron chi connectivity index (χ4n) is 2.93. The Kier molecular flexibility index (Phi) is 3.98. The van der Waals surface area contributed by atoms with Crippen LogP contribution >= 0.6 is 0 Å². The molecule has 1 unspecified atom stereocenters. The van der Waals surface area contributed by atoms with Crippen molar-refractivity contribution in [2.45, 2.75) is 13.0 Å². The zero-order valence-electron chi connectivity index (χ0n) is 13.1. The third kappa shape index (κ3) is 2.75. The van der Waals surface area contributed by atoms with Gasteiger partial charge in [0.15, 0.2) is 0 Å². The Morgan fingerprint density at radius 2 is 1.96 bits per heavy atom. The number of hydrogen-bond donors (Lipinski definition) is 1. The van der Waals surface area contributed by atoms with Crippen LogP contribution in [0.3, 0.4) is 0 Å². The molecule has 1 N–H and O–H groups in total. The lowest BCUT2D eigenvalue weighted by Gasteiger charge is -2.15. The van der Waals surface area contributed by atoms with Crippen LogP contribution < -0.4 is 0 Å². The maximum atomic E-state index is 11.2. The number of carboxylic acids is 1. The third-order valence-corrected chi connectivity index (χ3v) is 3.93. The fourth-order valence-corrected chi connectivity index (χ4v) is 2.93. The van der Waals surface area contributed by atoms with Crippen molar-refractivity contribution in [2.75, 3.05) is 7.05 Å². The molecule has 0 saturated heterocycles. The molecule has 0 fully saturated rings. The Morgan fingerprint density at radius 1 is 1.17 bits per heavy atom. The highest BCUT2D eigenvalue weighted by Crippen LogP contribution is 2.31. The molecule has 3 aromatic rings. The summed E-state index contributed by atoms with van der Waals surface area (Å²) in [5, 5.41) is 10.4. The van der Waals surface area contributed by atoms with Gasteiger partial charge in [0.1, 0.15) is 0 Å². The van der Waals surface area contributed by atoms with Gasteiger partial charge in [0, 0.05) is 29.9 Å². The minimum atomic E-state index is -0.919. The largest absolute Gasteiger partial charge is 0.478 e. The summed E-state index contributed by atoms with van der Waals surface area (Å²) in [4.78, 5) is 15.4. The first-order valence-corrected chi connectivity index (χ1v) is 7.48. The van der Waals surface area contributed by atoms with Crippen LogP contribution in [0, 0.1) is 0 Å². The quantitative estimate of drug-likeness (QED) is 0.732. The number of rotatable bonds is 4. The molecule has 0 aliphatic heterocycles. The van der Waals surface area contributed by atoms with Crippen LogP contribution in [-0.4, -0.2) is 28.9 Å². The molecule has 1 heterocycles. The number of nitrogens with zero attached hydrogens (tertiary/aromatic N) is 2. The van der Waals surface area contributed by atoms with Gasteiger partial charge in [-0.3, -0.25) is 4.99 Å². The van der Waals surface area contributed by atoms with E-state index in [-0.39, 0.29) is 11.6 Å². The number of aromatic nitrogens is 1. The van der Waals surface area contributed by atoms with Crippen LogP contribution in [0.1, 0.15) is 23.3 Å². The van der Waals surface area contributed by atoms with Crippen molar-refractivity contribution in [1.29, 1.82) is 0 Å². The lowest BCUT2D eigenvalue weighted by atomic mass is 10.1. The van der Waals surface area contributed by atoms with Gasteiger partial charge in [-0.1, -0.05) is 30.3 Å². The highest BCUT2D eigenvalue weighted by Gasteiger charge is 2.15. The zero-order valence-corrected chi connectivity index (χ0v) is 13.1. The fraction of sp³-hybridized carbons (Fsp3) is 0.158. The molecule has 1 aromatic heterocycles. The third-order valence-electron chi connectivity index (χ3n) is 3.93. The summed E-state index contributed by atoms with van der Waals surface area (Å²) in [6.45, 7) is 2.07. The van der Waals surface area contributed by atoms with E-state index in [1.165, 1.54) is 0 Å². The van der Waals surface area contributed by atoms with E-state index in [0.717, 1.165) is 22.2 Å². The van der Waals surface area contributed by atoms with E-state index in [9.17, 15) is 9.90 Å². The van der Waals surface area contributed by atoms with Crippen molar-refractivity contribution in [1.82, 2.24) is 4.57 Å². The highest BCUT2D eigenvalue weighted by molar-refractivity contribution is 5.92. The van der Waals surface area contributed by atoms with Crippen LogP contribution in [0.25, 0.3) is 22.2 Å². The first kappa shape index (κ1) is 15.0. The maximum Gasteiger partial charge on any atom is 0.335 e. The highest BCUT2D eigenvalue weighted by atomic mass is 16.4. The number of para-hydroxylation sites is 1. The topological polar surface area (TPSA) is 54.6 Å². The molecule has 0 spiro atoms. The summed E-state index contributed by atoms with van der Waals surface area (Å²) < 4.78 is 2.18. The van der Waals surface area contributed by atoms with Gasteiger partial charge in [0.05, 0.1) is 11.6 Å². The second-order valence-corrected chi connectivity index (χ2v) is 5.49. The van der Waals surface area contributed by atoms with Crippen molar-refractivity contribution >= 4 is 23.1 Å². The molecule has 116 valence electrons. The Balaban J connectivity index is 2.26. The summed E-state index contributed by atoms with van der Waals surface area (Å²) >= 11 is 0. The number of carboxylic acid groups (broad SMARTS) is 1. The van der Waals surface area contributed by atoms with E-state index in [0.29, 0.717) is 0 Å². The minimum Gasteiger partial charge on any atom is -0.478 e. The van der Waals surface area contributed by atoms with Gasteiger partial charge in [-0.25, -0.2) is 4.79 Å². The predicted octanol–water partition coefficient (Wildman–Crippen LogP) is 4.27. The summed E-state index contributed by atoms with van der Waals surface area (Å²) in [6, 6.07) is 17.3. The van der Waals surface area contributed by atoms with Gasteiger partial charge in [-0.15, -0.1) is 0 Å².